The van der Waals surface area contributed by atoms with Gasteiger partial charge in [0.15, 0.2) is 0 Å². The minimum absolute atomic E-state index is 0.256. The third-order valence-corrected chi connectivity index (χ3v) is 5.78. The second kappa shape index (κ2) is 8.61. The number of benzene rings is 1. The molecule has 0 atom stereocenters. The first-order valence-electron chi connectivity index (χ1n) is 10.1. The van der Waals surface area contributed by atoms with Crippen LogP contribution in [0.3, 0.4) is 0 Å². The molecule has 28 heavy (non-hydrogen) atoms. The van der Waals surface area contributed by atoms with Crippen molar-refractivity contribution in [3.05, 3.63) is 54.2 Å². The number of fused-ring (bicyclic) bond motifs is 1. The lowest BCUT2D eigenvalue weighted by Gasteiger charge is -2.32. The zero-order valence-corrected chi connectivity index (χ0v) is 16.4. The number of rotatable bonds is 7. The van der Waals surface area contributed by atoms with E-state index in [1.807, 2.05) is 35.6 Å². The molecule has 2 aromatic heterocycles. The van der Waals surface area contributed by atoms with Gasteiger partial charge in [-0.2, -0.15) is 0 Å². The average molecular weight is 380 g/mol. The number of nitrogens with one attached hydrogen (secondary N) is 1. The maximum absolute atomic E-state index is 12.7. The number of aromatic amines is 1. The van der Waals surface area contributed by atoms with Crippen LogP contribution in [0.1, 0.15) is 36.6 Å². The number of hydrogen-bond acceptors (Lipinski definition) is 3. The summed E-state index contributed by atoms with van der Waals surface area (Å²) in [5.74, 6) is 1.80. The van der Waals surface area contributed by atoms with E-state index in [1.54, 1.807) is 7.11 Å². The highest BCUT2D eigenvalue weighted by molar-refractivity contribution is 5.84. The van der Waals surface area contributed by atoms with Gasteiger partial charge in [-0.15, -0.1) is 0 Å². The Morgan fingerprint density at radius 3 is 2.93 bits per heavy atom. The molecule has 0 saturated carbocycles. The normalized spacial score (nSPS) is 15.4. The van der Waals surface area contributed by atoms with Crippen LogP contribution in [-0.2, 0) is 22.5 Å². The molecule has 0 unspecified atom stereocenters. The summed E-state index contributed by atoms with van der Waals surface area (Å²) in [6.07, 6.45) is 9.21. The number of H-pyrrole nitrogens is 1. The number of nitrogens with zero attached hydrogens (tertiary/aromatic N) is 3. The Kier molecular flexibility index (Phi) is 5.76. The number of para-hydroxylation sites is 1. The number of likely N-dealkylation sites (tertiary alicyclic amines) is 1. The Balaban J connectivity index is 1.30. The van der Waals surface area contributed by atoms with Crippen LogP contribution in [-0.4, -0.2) is 52.1 Å². The molecule has 3 aromatic rings. The van der Waals surface area contributed by atoms with Crippen molar-refractivity contribution in [1.29, 1.82) is 0 Å². The monoisotopic (exact) mass is 380 g/mol. The van der Waals surface area contributed by atoms with Gasteiger partial charge in [-0.3, -0.25) is 4.79 Å². The fourth-order valence-electron chi connectivity index (χ4n) is 4.18. The largest absolute Gasteiger partial charge is 0.383 e. The van der Waals surface area contributed by atoms with Gasteiger partial charge in [0.25, 0.3) is 0 Å². The highest BCUT2D eigenvalue weighted by Crippen LogP contribution is 2.27. The molecule has 3 heterocycles. The van der Waals surface area contributed by atoms with Gasteiger partial charge < -0.3 is 19.2 Å². The molecular weight excluding hydrogens is 352 g/mol. The van der Waals surface area contributed by atoms with E-state index >= 15 is 0 Å². The fraction of sp³-hybridized carbons (Fsp3) is 0.455. The van der Waals surface area contributed by atoms with Crippen molar-refractivity contribution in [2.24, 2.45) is 0 Å². The maximum atomic E-state index is 12.7. The van der Waals surface area contributed by atoms with Crippen molar-refractivity contribution in [2.75, 3.05) is 26.8 Å². The van der Waals surface area contributed by atoms with E-state index in [9.17, 15) is 4.79 Å². The molecule has 1 aromatic carbocycles. The first kappa shape index (κ1) is 18.7. The summed E-state index contributed by atoms with van der Waals surface area (Å²) < 4.78 is 7.37. The summed E-state index contributed by atoms with van der Waals surface area (Å²) in [7, 11) is 1.72. The Labute approximate surface area is 165 Å². The number of aromatic nitrogens is 3. The Morgan fingerprint density at radius 2 is 2.11 bits per heavy atom. The lowest BCUT2D eigenvalue weighted by atomic mass is 9.95. The molecule has 0 spiro atoms. The second-order valence-corrected chi connectivity index (χ2v) is 7.49. The van der Waals surface area contributed by atoms with Crippen LogP contribution >= 0.6 is 0 Å². The van der Waals surface area contributed by atoms with E-state index in [-0.39, 0.29) is 5.91 Å². The number of hydrogen-bond donors (Lipinski definition) is 1. The van der Waals surface area contributed by atoms with Crippen LogP contribution in [0, 0.1) is 0 Å². The van der Waals surface area contributed by atoms with Gasteiger partial charge in [0, 0.05) is 68.6 Å². The molecule has 1 N–H and O–H groups in total. The summed E-state index contributed by atoms with van der Waals surface area (Å²) >= 11 is 0. The SMILES string of the molecule is COCCn1ccnc1C1CCN(C(=O)CCc2c[nH]c3ccccc23)CC1. The van der Waals surface area contributed by atoms with E-state index in [0.29, 0.717) is 18.9 Å². The van der Waals surface area contributed by atoms with Gasteiger partial charge in [-0.05, 0) is 30.9 Å². The maximum Gasteiger partial charge on any atom is 0.222 e. The smallest absolute Gasteiger partial charge is 0.222 e. The van der Waals surface area contributed by atoms with Crippen molar-refractivity contribution < 1.29 is 9.53 Å². The predicted molar refractivity (Wildman–Crippen MR) is 109 cm³/mol. The zero-order valence-electron chi connectivity index (χ0n) is 16.4. The third kappa shape index (κ3) is 3.97. The summed E-state index contributed by atoms with van der Waals surface area (Å²) in [4.78, 5) is 22.6. The van der Waals surface area contributed by atoms with Crippen LogP contribution in [0.5, 0.6) is 0 Å². The minimum atomic E-state index is 0.256. The Bertz CT molecular complexity index is 921. The lowest BCUT2D eigenvalue weighted by Crippen LogP contribution is -2.38. The molecule has 6 heteroatoms. The molecule has 0 aliphatic carbocycles. The molecule has 0 radical (unpaired) electrons. The quantitative estimate of drug-likeness (QED) is 0.684. The molecule has 1 amide bonds. The van der Waals surface area contributed by atoms with Gasteiger partial charge in [-0.25, -0.2) is 4.98 Å². The van der Waals surface area contributed by atoms with Gasteiger partial charge in [0.1, 0.15) is 5.82 Å². The Morgan fingerprint density at radius 1 is 1.29 bits per heavy atom. The second-order valence-electron chi connectivity index (χ2n) is 7.49. The fourth-order valence-corrected chi connectivity index (χ4v) is 4.18. The van der Waals surface area contributed by atoms with E-state index in [4.69, 9.17) is 4.74 Å². The van der Waals surface area contributed by atoms with Gasteiger partial charge in [-0.1, -0.05) is 18.2 Å². The highest BCUT2D eigenvalue weighted by Gasteiger charge is 2.26. The number of amides is 1. The summed E-state index contributed by atoms with van der Waals surface area (Å²) in [5, 5.41) is 1.22. The molecule has 0 bridgehead atoms. The predicted octanol–water partition coefficient (Wildman–Crippen LogP) is 3.35. The van der Waals surface area contributed by atoms with E-state index < -0.39 is 0 Å². The summed E-state index contributed by atoms with van der Waals surface area (Å²) in [5.41, 5.74) is 2.36. The number of aryl methyl sites for hydroxylation is 1. The lowest BCUT2D eigenvalue weighted by molar-refractivity contribution is -0.132. The van der Waals surface area contributed by atoms with Gasteiger partial charge >= 0.3 is 0 Å². The van der Waals surface area contributed by atoms with Crippen LogP contribution in [0.25, 0.3) is 10.9 Å². The van der Waals surface area contributed by atoms with Crippen LogP contribution in [0.4, 0.5) is 0 Å². The van der Waals surface area contributed by atoms with Crippen molar-refractivity contribution in [3.8, 4) is 0 Å². The van der Waals surface area contributed by atoms with E-state index in [0.717, 1.165) is 50.2 Å². The standard InChI is InChI=1S/C22H28N4O2/c1-28-15-14-26-13-10-23-22(26)17-8-11-25(12-9-17)21(27)7-6-18-16-24-20-5-3-2-4-19(18)20/h2-5,10,13,16-17,24H,6-9,11-12,14-15H2,1H3. The molecule has 6 nitrogen and oxygen atoms in total. The first-order chi connectivity index (χ1) is 13.8. The molecule has 1 fully saturated rings. The summed E-state index contributed by atoms with van der Waals surface area (Å²) in [6, 6.07) is 8.26. The third-order valence-electron chi connectivity index (χ3n) is 5.78. The van der Waals surface area contributed by atoms with Crippen molar-refractivity contribution >= 4 is 16.8 Å². The van der Waals surface area contributed by atoms with Crippen LogP contribution in [0.2, 0.25) is 0 Å². The number of carbonyl (C=O) groups is 1. The average Bonchev–Trinajstić information content (AvgIpc) is 3.37. The van der Waals surface area contributed by atoms with Gasteiger partial charge in [0.05, 0.1) is 6.61 Å². The Hall–Kier alpha value is -2.60. The summed E-state index contributed by atoms with van der Waals surface area (Å²) in [6.45, 7) is 3.15. The van der Waals surface area contributed by atoms with E-state index in [2.05, 4.69) is 26.7 Å². The number of ether oxygens (including phenoxy) is 1. The molecular formula is C22H28N4O2. The molecule has 1 aliphatic heterocycles. The van der Waals surface area contributed by atoms with Gasteiger partial charge in [0.2, 0.25) is 5.91 Å². The highest BCUT2D eigenvalue weighted by atomic mass is 16.5. The molecule has 148 valence electrons. The minimum Gasteiger partial charge on any atom is -0.383 e. The van der Waals surface area contributed by atoms with E-state index in [1.165, 1.54) is 10.9 Å². The number of piperidine rings is 1. The molecule has 1 saturated heterocycles. The molecule has 4 rings (SSSR count). The molecule has 1 aliphatic rings. The zero-order chi connectivity index (χ0) is 19.3. The number of carbonyl (C=O) groups excluding carboxylic acids is 1. The number of imidazole rings is 1. The topological polar surface area (TPSA) is 63.1 Å². The van der Waals surface area contributed by atoms with Crippen LogP contribution in [0.15, 0.2) is 42.9 Å². The first-order valence-corrected chi connectivity index (χ1v) is 10.1. The van der Waals surface area contributed by atoms with Crippen molar-refractivity contribution in [1.82, 2.24) is 19.4 Å². The van der Waals surface area contributed by atoms with Crippen molar-refractivity contribution in [2.45, 2.75) is 38.1 Å². The van der Waals surface area contributed by atoms with Crippen molar-refractivity contribution in [3.63, 3.8) is 0 Å². The van der Waals surface area contributed by atoms with Crippen LogP contribution < -0.4 is 0 Å². The number of methoxy groups -OCH3 is 1.